The first-order valence-corrected chi connectivity index (χ1v) is 5.20. The maximum Gasteiger partial charge on any atom is 0.270 e. The number of hydrogen-bond donors (Lipinski definition) is 1. The SMILES string of the molecule is CCC1Cc2ccc([N+](=O)[O-])cc2C(=O)N1. The topological polar surface area (TPSA) is 72.2 Å². The average Bonchev–Trinajstić information content (AvgIpc) is 2.28. The largest absolute Gasteiger partial charge is 0.349 e. The molecule has 1 N–H and O–H groups in total. The predicted molar refractivity (Wildman–Crippen MR) is 58.3 cm³/mol. The van der Waals surface area contributed by atoms with Gasteiger partial charge in [-0.05, 0) is 18.4 Å². The van der Waals surface area contributed by atoms with Crippen LogP contribution in [0.3, 0.4) is 0 Å². The molecule has 5 heteroatoms. The summed E-state index contributed by atoms with van der Waals surface area (Å²) in [5.74, 6) is -0.211. The minimum atomic E-state index is -0.487. The number of benzene rings is 1. The van der Waals surface area contributed by atoms with E-state index in [1.165, 1.54) is 12.1 Å². The molecule has 1 amide bonds. The number of carbonyl (C=O) groups is 1. The van der Waals surface area contributed by atoms with E-state index in [0.717, 1.165) is 18.4 Å². The van der Waals surface area contributed by atoms with Crippen LogP contribution in [-0.2, 0) is 6.42 Å². The van der Waals surface area contributed by atoms with Crippen molar-refractivity contribution in [2.24, 2.45) is 0 Å². The van der Waals surface area contributed by atoms with E-state index in [0.29, 0.717) is 5.56 Å². The van der Waals surface area contributed by atoms with Gasteiger partial charge >= 0.3 is 0 Å². The molecule has 1 aromatic carbocycles. The standard InChI is InChI=1S/C11H12N2O3/c1-2-8-5-7-3-4-9(13(15)16)6-10(7)11(14)12-8/h3-4,6,8H,2,5H2,1H3,(H,12,14). The van der Waals surface area contributed by atoms with E-state index in [2.05, 4.69) is 5.32 Å². The highest BCUT2D eigenvalue weighted by atomic mass is 16.6. The molecule has 0 aliphatic carbocycles. The van der Waals surface area contributed by atoms with Gasteiger partial charge in [-0.3, -0.25) is 14.9 Å². The Morgan fingerprint density at radius 1 is 1.56 bits per heavy atom. The second-order valence-corrected chi connectivity index (χ2v) is 3.88. The lowest BCUT2D eigenvalue weighted by Gasteiger charge is -2.24. The van der Waals surface area contributed by atoms with Gasteiger partial charge in [0, 0.05) is 23.7 Å². The van der Waals surface area contributed by atoms with Crippen molar-refractivity contribution >= 4 is 11.6 Å². The lowest BCUT2D eigenvalue weighted by Crippen LogP contribution is -2.40. The molecule has 0 saturated carbocycles. The van der Waals surface area contributed by atoms with Crippen LogP contribution in [-0.4, -0.2) is 16.9 Å². The first-order valence-electron chi connectivity index (χ1n) is 5.20. The molecule has 1 unspecified atom stereocenters. The molecular formula is C11H12N2O3. The fraction of sp³-hybridized carbons (Fsp3) is 0.364. The Labute approximate surface area is 92.6 Å². The van der Waals surface area contributed by atoms with Gasteiger partial charge in [0.1, 0.15) is 0 Å². The normalized spacial score (nSPS) is 18.8. The Bertz CT molecular complexity index is 457. The van der Waals surface area contributed by atoms with E-state index in [-0.39, 0.29) is 17.6 Å². The number of nitro groups is 1. The summed E-state index contributed by atoms with van der Waals surface area (Å²) in [5.41, 5.74) is 1.28. The summed E-state index contributed by atoms with van der Waals surface area (Å²) in [5, 5.41) is 13.4. The van der Waals surface area contributed by atoms with Gasteiger partial charge in [0.25, 0.3) is 11.6 Å². The maximum absolute atomic E-state index is 11.7. The second kappa shape index (κ2) is 3.92. The van der Waals surface area contributed by atoms with Crippen LogP contribution < -0.4 is 5.32 Å². The molecule has 84 valence electrons. The highest BCUT2D eigenvalue weighted by Gasteiger charge is 2.24. The van der Waals surface area contributed by atoms with Crippen molar-refractivity contribution in [3.8, 4) is 0 Å². The van der Waals surface area contributed by atoms with Crippen LogP contribution in [0.5, 0.6) is 0 Å². The van der Waals surface area contributed by atoms with E-state index in [4.69, 9.17) is 0 Å². The molecule has 0 bridgehead atoms. The molecule has 2 rings (SSSR count). The first kappa shape index (κ1) is 10.6. The van der Waals surface area contributed by atoms with Crippen LogP contribution in [0.1, 0.15) is 29.3 Å². The summed E-state index contributed by atoms with van der Waals surface area (Å²) in [6.45, 7) is 2.00. The molecule has 16 heavy (non-hydrogen) atoms. The molecule has 0 fully saturated rings. The van der Waals surface area contributed by atoms with Gasteiger partial charge < -0.3 is 5.32 Å². The van der Waals surface area contributed by atoms with Crippen molar-refractivity contribution < 1.29 is 9.72 Å². The molecule has 5 nitrogen and oxygen atoms in total. The molecule has 1 heterocycles. The van der Waals surface area contributed by atoms with Crippen LogP contribution in [0.2, 0.25) is 0 Å². The third-order valence-corrected chi connectivity index (χ3v) is 2.84. The number of nitro benzene ring substituents is 1. The number of rotatable bonds is 2. The third-order valence-electron chi connectivity index (χ3n) is 2.84. The Morgan fingerprint density at radius 2 is 2.31 bits per heavy atom. The zero-order chi connectivity index (χ0) is 11.7. The highest BCUT2D eigenvalue weighted by molar-refractivity contribution is 5.97. The fourth-order valence-corrected chi connectivity index (χ4v) is 1.89. The molecular weight excluding hydrogens is 208 g/mol. The zero-order valence-corrected chi connectivity index (χ0v) is 8.90. The van der Waals surface area contributed by atoms with Crippen LogP contribution in [0.15, 0.2) is 18.2 Å². The molecule has 1 aliphatic heterocycles. The molecule has 1 aromatic rings. The minimum Gasteiger partial charge on any atom is -0.349 e. The summed E-state index contributed by atoms with van der Waals surface area (Å²) in [4.78, 5) is 21.8. The summed E-state index contributed by atoms with van der Waals surface area (Å²) in [6.07, 6.45) is 1.61. The zero-order valence-electron chi connectivity index (χ0n) is 8.90. The Balaban J connectivity index is 2.41. The van der Waals surface area contributed by atoms with Gasteiger partial charge in [0.15, 0.2) is 0 Å². The van der Waals surface area contributed by atoms with Crippen LogP contribution in [0.4, 0.5) is 5.69 Å². The van der Waals surface area contributed by atoms with E-state index >= 15 is 0 Å². The molecule has 0 aromatic heterocycles. The first-order chi connectivity index (χ1) is 7.61. The summed E-state index contributed by atoms with van der Waals surface area (Å²) in [7, 11) is 0. The minimum absolute atomic E-state index is 0.0381. The summed E-state index contributed by atoms with van der Waals surface area (Å²) >= 11 is 0. The number of non-ortho nitro benzene ring substituents is 1. The molecule has 0 saturated heterocycles. The van der Waals surface area contributed by atoms with E-state index < -0.39 is 4.92 Å². The van der Waals surface area contributed by atoms with Crippen molar-refractivity contribution in [1.29, 1.82) is 0 Å². The van der Waals surface area contributed by atoms with Crippen molar-refractivity contribution in [3.05, 3.63) is 39.4 Å². The smallest absolute Gasteiger partial charge is 0.270 e. The molecule has 1 atom stereocenters. The maximum atomic E-state index is 11.7. The Morgan fingerprint density at radius 3 is 2.94 bits per heavy atom. The average molecular weight is 220 g/mol. The van der Waals surface area contributed by atoms with Crippen molar-refractivity contribution in [2.75, 3.05) is 0 Å². The number of amides is 1. The molecule has 0 spiro atoms. The third kappa shape index (κ3) is 1.76. The Hall–Kier alpha value is -1.91. The van der Waals surface area contributed by atoms with Gasteiger partial charge in [0.2, 0.25) is 0 Å². The van der Waals surface area contributed by atoms with Crippen LogP contribution in [0, 0.1) is 10.1 Å². The van der Waals surface area contributed by atoms with Crippen molar-refractivity contribution in [3.63, 3.8) is 0 Å². The van der Waals surface area contributed by atoms with Gasteiger partial charge in [-0.1, -0.05) is 13.0 Å². The summed E-state index contributed by atoms with van der Waals surface area (Å²) in [6, 6.07) is 4.61. The number of carbonyl (C=O) groups excluding carboxylic acids is 1. The van der Waals surface area contributed by atoms with Crippen LogP contribution >= 0.6 is 0 Å². The lowest BCUT2D eigenvalue weighted by atomic mass is 9.93. The summed E-state index contributed by atoms with van der Waals surface area (Å²) < 4.78 is 0. The quantitative estimate of drug-likeness (QED) is 0.608. The van der Waals surface area contributed by atoms with Gasteiger partial charge in [-0.2, -0.15) is 0 Å². The van der Waals surface area contributed by atoms with Gasteiger partial charge in [0.05, 0.1) is 4.92 Å². The second-order valence-electron chi connectivity index (χ2n) is 3.88. The number of fused-ring (bicyclic) bond motifs is 1. The van der Waals surface area contributed by atoms with E-state index in [9.17, 15) is 14.9 Å². The van der Waals surface area contributed by atoms with Crippen molar-refractivity contribution in [1.82, 2.24) is 5.32 Å². The predicted octanol–water partition coefficient (Wildman–Crippen LogP) is 1.66. The van der Waals surface area contributed by atoms with Crippen molar-refractivity contribution in [2.45, 2.75) is 25.8 Å². The van der Waals surface area contributed by atoms with Gasteiger partial charge in [-0.25, -0.2) is 0 Å². The van der Waals surface area contributed by atoms with Crippen LogP contribution in [0.25, 0.3) is 0 Å². The molecule has 1 aliphatic rings. The molecule has 0 radical (unpaired) electrons. The number of nitrogens with zero attached hydrogens (tertiary/aromatic N) is 1. The van der Waals surface area contributed by atoms with E-state index in [1.54, 1.807) is 6.07 Å². The lowest BCUT2D eigenvalue weighted by molar-refractivity contribution is -0.384. The van der Waals surface area contributed by atoms with Gasteiger partial charge in [-0.15, -0.1) is 0 Å². The fourth-order valence-electron chi connectivity index (χ4n) is 1.89. The number of hydrogen-bond acceptors (Lipinski definition) is 3. The highest BCUT2D eigenvalue weighted by Crippen LogP contribution is 2.22. The van der Waals surface area contributed by atoms with E-state index in [1.807, 2.05) is 6.92 Å². The number of nitrogens with one attached hydrogen (secondary N) is 1. The monoisotopic (exact) mass is 220 g/mol. The Kier molecular flexibility index (Phi) is 2.60.